The Morgan fingerprint density at radius 2 is 1.79 bits per heavy atom. The van der Waals surface area contributed by atoms with Crippen LogP contribution < -0.4 is 10.1 Å². The van der Waals surface area contributed by atoms with Crippen LogP contribution in [0.4, 0.5) is 0 Å². The molecule has 0 atom stereocenters. The van der Waals surface area contributed by atoms with Gasteiger partial charge in [0, 0.05) is 27.6 Å². The average molecular weight is 529 g/mol. The second-order valence-electron chi connectivity index (χ2n) is 12.9. The minimum absolute atomic E-state index is 0.000930. The molecule has 2 aliphatic carbocycles. The predicted octanol–water partition coefficient (Wildman–Crippen LogP) is 7.59. The fourth-order valence-corrected chi connectivity index (χ4v) is 7.32. The van der Waals surface area contributed by atoms with Crippen LogP contribution >= 0.6 is 0 Å². The second kappa shape index (κ2) is 11.0. The molecule has 2 saturated carbocycles. The van der Waals surface area contributed by atoms with E-state index in [1.54, 1.807) is 0 Å². The average Bonchev–Trinajstić information content (AvgIpc) is 3.14. The van der Waals surface area contributed by atoms with Gasteiger partial charge in [0.2, 0.25) is 0 Å². The van der Waals surface area contributed by atoms with Gasteiger partial charge in [-0.15, -0.1) is 0 Å². The van der Waals surface area contributed by atoms with Crippen molar-refractivity contribution in [3.05, 3.63) is 53.6 Å². The van der Waals surface area contributed by atoms with Gasteiger partial charge in [-0.2, -0.15) is 0 Å². The van der Waals surface area contributed by atoms with Gasteiger partial charge in [0.05, 0.1) is 18.3 Å². The quantitative estimate of drug-likeness (QED) is 0.346. The molecule has 5 heteroatoms. The van der Waals surface area contributed by atoms with Crippen LogP contribution in [0.2, 0.25) is 0 Å². The normalized spacial score (nSPS) is 22.0. The summed E-state index contributed by atoms with van der Waals surface area (Å²) in [5.74, 6) is 2.16. The number of nitrogens with one attached hydrogen (secondary N) is 1. The minimum Gasteiger partial charge on any atom is -0.491 e. The van der Waals surface area contributed by atoms with Crippen LogP contribution in [0.5, 0.6) is 5.75 Å². The summed E-state index contributed by atoms with van der Waals surface area (Å²) in [7, 11) is 0. The highest BCUT2D eigenvalue weighted by atomic mass is 16.5. The highest BCUT2D eigenvalue weighted by Crippen LogP contribution is 2.47. The van der Waals surface area contributed by atoms with Gasteiger partial charge < -0.3 is 19.7 Å². The Labute approximate surface area is 232 Å². The largest absolute Gasteiger partial charge is 0.491 e. The maximum absolute atomic E-state index is 13.6. The summed E-state index contributed by atoms with van der Waals surface area (Å²) in [5, 5.41) is 14.5. The first-order chi connectivity index (χ1) is 18.9. The van der Waals surface area contributed by atoms with Crippen LogP contribution in [0.1, 0.15) is 106 Å². The van der Waals surface area contributed by atoms with Crippen molar-refractivity contribution >= 4 is 16.8 Å². The molecule has 5 nitrogen and oxygen atoms in total. The second-order valence-corrected chi connectivity index (χ2v) is 12.9. The maximum atomic E-state index is 13.6. The van der Waals surface area contributed by atoms with Crippen LogP contribution in [-0.2, 0) is 6.54 Å². The highest BCUT2D eigenvalue weighted by molar-refractivity contribution is 6.01. The van der Waals surface area contributed by atoms with E-state index in [0.29, 0.717) is 18.4 Å². The zero-order valence-corrected chi connectivity index (χ0v) is 23.7. The number of aromatic nitrogens is 1. The van der Waals surface area contributed by atoms with Gasteiger partial charge in [-0.25, -0.2) is 0 Å². The summed E-state index contributed by atoms with van der Waals surface area (Å²) >= 11 is 0. The number of carbonyl (C=O) groups excluding carboxylic acids is 1. The van der Waals surface area contributed by atoms with Gasteiger partial charge in [-0.1, -0.05) is 37.5 Å². The molecule has 3 aliphatic rings. The molecule has 1 aliphatic heterocycles. The third kappa shape index (κ3) is 5.48. The Morgan fingerprint density at radius 3 is 2.59 bits per heavy atom. The number of rotatable bonds is 6. The summed E-state index contributed by atoms with van der Waals surface area (Å²) in [5.41, 5.74) is 5.52. The Bertz CT molecular complexity index is 1330. The number of carbonyl (C=O) groups is 1. The lowest BCUT2D eigenvalue weighted by Gasteiger charge is -2.31. The number of benzene rings is 2. The van der Waals surface area contributed by atoms with Crippen molar-refractivity contribution in [2.75, 3.05) is 6.61 Å². The van der Waals surface area contributed by atoms with Crippen LogP contribution in [0.3, 0.4) is 0 Å². The number of nitrogens with zero attached hydrogens (tertiary/aromatic N) is 1. The molecule has 0 spiro atoms. The number of ether oxygens (including phenoxy) is 1. The molecule has 0 saturated heterocycles. The van der Waals surface area contributed by atoms with Crippen LogP contribution in [0.15, 0.2) is 42.5 Å². The summed E-state index contributed by atoms with van der Waals surface area (Å²) < 4.78 is 8.61. The number of fused-ring (bicyclic) bond motifs is 5. The van der Waals surface area contributed by atoms with Crippen molar-refractivity contribution in [3.8, 4) is 17.0 Å². The summed E-state index contributed by atoms with van der Waals surface area (Å²) in [6, 6.07) is 14.8. The zero-order chi connectivity index (χ0) is 27.0. The lowest BCUT2D eigenvalue weighted by molar-refractivity contribution is 0.0891. The summed E-state index contributed by atoms with van der Waals surface area (Å²) in [6.07, 6.45) is 12.3. The third-order valence-electron chi connectivity index (χ3n) is 9.54. The van der Waals surface area contributed by atoms with Gasteiger partial charge in [0.1, 0.15) is 12.4 Å². The topological polar surface area (TPSA) is 63.5 Å². The van der Waals surface area contributed by atoms with Gasteiger partial charge >= 0.3 is 0 Å². The smallest absolute Gasteiger partial charge is 0.251 e. The zero-order valence-electron chi connectivity index (χ0n) is 23.7. The number of hydrogen-bond acceptors (Lipinski definition) is 3. The summed E-state index contributed by atoms with van der Waals surface area (Å²) in [4.78, 5) is 13.6. The van der Waals surface area contributed by atoms with Crippen molar-refractivity contribution in [1.82, 2.24) is 9.88 Å². The molecule has 208 valence electrons. The van der Waals surface area contributed by atoms with Gasteiger partial charge in [0.15, 0.2) is 0 Å². The summed E-state index contributed by atoms with van der Waals surface area (Å²) in [6.45, 7) is 5.68. The molecule has 0 radical (unpaired) electrons. The molecule has 2 aromatic carbocycles. The molecular weight excluding hydrogens is 484 g/mol. The Hall–Kier alpha value is -2.79. The van der Waals surface area contributed by atoms with E-state index in [4.69, 9.17) is 4.74 Å². The van der Waals surface area contributed by atoms with E-state index in [-0.39, 0.29) is 17.6 Å². The first-order valence-corrected chi connectivity index (χ1v) is 15.3. The highest BCUT2D eigenvalue weighted by Gasteiger charge is 2.30. The molecule has 2 fully saturated rings. The standard InChI is InChI=1S/C34H44N2O3/c1-34(2,19-18-23-12-15-26(37)16-13-23)35-33(38)25-14-17-27-29(22-25)36-20-21-39-30-11-7-6-10-28(30)32(36)31(27)24-8-4-3-5-9-24/h6-7,10-11,14,17,22-24,26,37H,3-5,8-9,12-13,15-16,18-21H2,1-2H3,(H,35,38). The van der Waals surface area contributed by atoms with E-state index in [9.17, 15) is 9.90 Å². The van der Waals surface area contributed by atoms with E-state index in [2.05, 4.69) is 60.1 Å². The van der Waals surface area contributed by atoms with Crippen molar-refractivity contribution in [2.24, 2.45) is 5.92 Å². The number of hydrogen-bond donors (Lipinski definition) is 2. The van der Waals surface area contributed by atoms with Crippen LogP contribution in [-0.4, -0.2) is 33.8 Å². The van der Waals surface area contributed by atoms with E-state index >= 15 is 0 Å². The van der Waals surface area contributed by atoms with E-state index in [0.717, 1.165) is 61.9 Å². The Kier molecular flexibility index (Phi) is 7.45. The van der Waals surface area contributed by atoms with Crippen molar-refractivity contribution in [1.29, 1.82) is 0 Å². The molecule has 1 amide bonds. The van der Waals surface area contributed by atoms with Gasteiger partial charge in [-0.3, -0.25) is 4.79 Å². The predicted molar refractivity (Wildman–Crippen MR) is 157 cm³/mol. The van der Waals surface area contributed by atoms with Crippen LogP contribution in [0, 0.1) is 5.92 Å². The minimum atomic E-state index is -0.280. The fourth-order valence-electron chi connectivity index (χ4n) is 7.32. The number of amides is 1. The van der Waals surface area contributed by atoms with Gasteiger partial charge in [-0.05, 0) is 107 Å². The monoisotopic (exact) mass is 528 g/mol. The van der Waals surface area contributed by atoms with E-state index < -0.39 is 0 Å². The molecule has 2 heterocycles. The number of para-hydroxylation sites is 1. The molecule has 0 unspecified atom stereocenters. The number of aliphatic hydroxyl groups is 1. The first-order valence-electron chi connectivity index (χ1n) is 15.3. The van der Waals surface area contributed by atoms with E-state index in [1.165, 1.54) is 54.3 Å². The molecule has 2 N–H and O–H groups in total. The first kappa shape index (κ1) is 26.4. The maximum Gasteiger partial charge on any atom is 0.251 e. The van der Waals surface area contributed by atoms with E-state index in [1.807, 2.05) is 6.07 Å². The molecular formula is C34H44N2O3. The van der Waals surface area contributed by atoms with Crippen molar-refractivity contribution in [2.45, 2.75) is 109 Å². The fraction of sp³-hybridized carbons (Fsp3) is 0.559. The lowest BCUT2D eigenvalue weighted by Crippen LogP contribution is -2.43. The lowest BCUT2D eigenvalue weighted by atomic mass is 9.81. The van der Waals surface area contributed by atoms with Crippen molar-refractivity contribution < 1.29 is 14.6 Å². The Morgan fingerprint density at radius 1 is 1.03 bits per heavy atom. The van der Waals surface area contributed by atoms with Crippen molar-refractivity contribution in [3.63, 3.8) is 0 Å². The third-order valence-corrected chi connectivity index (χ3v) is 9.54. The molecule has 1 aromatic heterocycles. The van der Waals surface area contributed by atoms with Gasteiger partial charge in [0.25, 0.3) is 5.91 Å². The number of aliphatic hydroxyl groups excluding tert-OH is 1. The SMILES string of the molecule is CC(C)(CCC1CCC(O)CC1)NC(=O)c1ccc2c(C3CCCCC3)c3n(c2c1)CCOc1ccccc1-3. The molecule has 0 bridgehead atoms. The molecule has 6 rings (SSSR count). The molecule has 3 aromatic rings. The van der Waals surface area contributed by atoms with Crippen LogP contribution in [0.25, 0.3) is 22.2 Å². The Balaban J connectivity index is 1.30. The molecule has 39 heavy (non-hydrogen) atoms.